The summed E-state index contributed by atoms with van der Waals surface area (Å²) >= 11 is 0. The Bertz CT molecular complexity index is 622. The maximum Gasteiger partial charge on any atom is 0.253 e. The zero-order chi connectivity index (χ0) is 18.0. The molecule has 3 rings (SSSR count). The molecule has 0 saturated carbocycles. The second kappa shape index (κ2) is 7.34. The number of carbonyl (C=O) groups excluding carboxylic acids is 1. The van der Waals surface area contributed by atoms with Gasteiger partial charge < -0.3 is 19.5 Å². The number of carbonyl (C=O) groups is 1. The molecule has 138 valence electrons. The third-order valence-electron chi connectivity index (χ3n) is 5.62. The zero-order valence-corrected chi connectivity index (χ0v) is 15.5. The third kappa shape index (κ3) is 3.82. The van der Waals surface area contributed by atoms with Crippen LogP contribution in [0.25, 0.3) is 0 Å². The number of aliphatic hydroxyl groups is 1. The molecule has 1 aromatic rings. The quantitative estimate of drug-likeness (QED) is 0.913. The summed E-state index contributed by atoms with van der Waals surface area (Å²) in [4.78, 5) is 14.7. The summed E-state index contributed by atoms with van der Waals surface area (Å²) in [5.74, 6) is 0.855. The van der Waals surface area contributed by atoms with E-state index in [4.69, 9.17) is 9.47 Å². The van der Waals surface area contributed by atoms with Crippen LogP contribution < -0.4 is 4.74 Å². The van der Waals surface area contributed by atoms with E-state index < -0.39 is 0 Å². The first-order valence-corrected chi connectivity index (χ1v) is 9.26. The van der Waals surface area contributed by atoms with Crippen molar-refractivity contribution >= 4 is 5.91 Å². The first kappa shape index (κ1) is 18.2. The highest BCUT2D eigenvalue weighted by Gasteiger charge is 2.43. The molecule has 0 aliphatic carbocycles. The summed E-state index contributed by atoms with van der Waals surface area (Å²) in [6, 6.07) is 5.56. The Morgan fingerprint density at radius 2 is 2.12 bits per heavy atom. The molecule has 5 nitrogen and oxygen atoms in total. The third-order valence-corrected chi connectivity index (χ3v) is 5.62. The van der Waals surface area contributed by atoms with Gasteiger partial charge in [-0.3, -0.25) is 4.79 Å². The predicted octanol–water partition coefficient (Wildman–Crippen LogP) is 2.93. The van der Waals surface area contributed by atoms with Crippen molar-refractivity contribution in [3.8, 4) is 5.75 Å². The molecular weight excluding hydrogens is 318 g/mol. The van der Waals surface area contributed by atoms with Crippen molar-refractivity contribution in [3.63, 3.8) is 0 Å². The van der Waals surface area contributed by atoms with Crippen molar-refractivity contribution in [1.29, 1.82) is 0 Å². The molecule has 1 spiro atoms. The second-order valence-corrected chi connectivity index (χ2v) is 7.40. The van der Waals surface area contributed by atoms with Gasteiger partial charge in [0.25, 0.3) is 5.91 Å². The van der Waals surface area contributed by atoms with Crippen LogP contribution in [0.5, 0.6) is 5.75 Å². The van der Waals surface area contributed by atoms with Gasteiger partial charge in [0.05, 0.1) is 24.9 Å². The standard InChI is InChI=1S/C20H29NO4/c1-4-17-12-16(22)13-20(25-17)7-9-21(10-8-20)19(23)15-5-6-18(24-3)14(2)11-15/h5-6,11,16-17,22H,4,7-10,12-13H2,1-3H3/t16-,17+/m1/s1. The fourth-order valence-electron chi connectivity index (χ4n) is 4.15. The zero-order valence-electron chi connectivity index (χ0n) is 15.5. The van der Waals surface area contributed by atoms with Crippen LogP contribution in [0.3, 0.4) is 0 Å². The summed E-state index contributed by atoms with van der Waals surface area (Å²) in [6.45, 7) is 5.39. The van der Waals surface area contributed by atoms with Crippen LogP contribution in [0.1, 0.15) is 54.9 Å². The van der Waals surface area contributed by atoms with Crippen LogP contribution in [-0.2, 0) is 4.74 Å². The van der Waals surface area contributed by atoms with Gasteiger partial charge in [0.1, 0.15) is 5.75 Å². The van der Waals surface area contributed by atoms with E-state index in [1.807, 2.05) is 30.0 Å². The van der Waals surface area contributed by atoms with Gasteiger partial charge in [-0.1, -0.05) is 6.92 Å². The number of likely N-dealkylation sites (tertiary alicyclic amines) is 1. The number of nitrogens with zero attached hydrogens (tertiary/aromatic N) is 1. The lowest BCUT2D eigenvalue weighted by Crippen LogP contribution is -2.53. The fourth-order valence-corrected chi connectivity index (χ4v) is 4.15. The minimum Gasteiger partial charge on any atom is -0.496 e. The molecule has 2 aliphatic rings. The largest absolute Gasteiger partial charge is 0.496 e. The molecule has 2 heterocycles. The molecule has 25 heavy (non-hydrogen) atoms. The Kier molecular flexibility index (Phi) is 5.35. The van der Waals surface area contributed by atoms with Crippen LogP contribution in [0.4, 0.5) is 0 Å². The first-order valence-electron chi connectivity index (χ1n) is 9.26. The SMILES string of the molecule is CC[C@H]1C[C@@H](O)CC2(CCN(C(=O)c3ccc(OC)c(C)c3)CC2)O1. The molecular formula is C20H29NO4. The number of aryl methyl sites for hydroxylation is 1. The van der Waals surface area contributed by atoms with Gasteiger partial charge in [0, 0.05) is 25.1 Å². The number of amides is 1. The predicted molar refractivity (Wildman–Crippen MR) is 96.0 cm³/mol. The molecule has 0 radical (unpaired) electrons. The molecule has 0 bridgehead atoms. The van der Waals surface area contributed by atoms with Gasteiger partial charge in [-0.25, -0.2) is 0 Å². The average Bonchev–Trinajstić information content (AvgIpc) is 2.61. The normalized spacial score (nSPS) is 25.8. The number of hydrogen-bond donors (Lipinski definition) is 1. The molecule has 2 aliphatic heterocycles. The molecule has 2 atom stereocenters. The number of rotatable bonds is 3. The summed E-state index contributed by atoms with van der Waals surface area (Å²) in [5, 5.41) is 10.2. The fraction of sp³-hybridized carbons (Fsp3) is 0.650. The van der Waals surface area contributed by atoms with Crippen molar-refractivity contribution in [1.82, 2.24) is 4.90 Å². The Hall–Kier alpha value is -1.59. The molecule has 1 N–H and O–H groups in total. The van der Waals surface area contributed by atoms with E-state index in [9.17, 15) is 9.90 Å². The van der Waals surface area contributed by atoms with E-state index in [2.05, 4.69) is 6.92 Å². The highest BCUT2D eigenvalue weighted by atomic mass is 16.5. The smallest absolute Gasteiger partial charge is 0.253 e. The average molecular weight is 347 g/mol. The maximum absolute atomic E-state index is 12.8. The molecule has 0 aromatic heterocycles. The van der Waals surface area contributed by atoms with Gasteiger partial charge in [-0.15, -0.1) is 0 Å². The monoisotopic (exact) mass is 347 g/mol. The van der Waals surface area contributed by atoms with Crippen LogP contribution in [0.15, 0.2) is 18.2 Å². The lowest BCUT2D eigenvalue weighted by Gasteiger charge is -2.47. The molecule has 1 aromatic carbocycles. The Balaban J connectivity index is 1.65. The molecule has 2 saturated heterocycles. The Morgan fingerprint density at radius 3 is 2.72 bits per heavy atom. The van der Waals surface area contributed by atoms with Crippen LogP contribution in [0.2, 0.25) is 0 Å². The Morgan fingerprint density at radius 1 is 1.40 bits per heavy atom. The summed E-state index contributed by atoms with van der Waals surface area (Å²) in [5.41, 5.74) is 1.40. The number of ether oxygens (including phenoxy) is 2. The first-order chi connectivity index (χ1) is 12.0. The highest BCUT2D eigenvalue weighted by Crippen LogP contribution is 2.38. The van der Waals surface area contributed by atoms with Gasteiger partial charge in [0.15, 0.2) is 0 Å². The van der Waals surface area contributed by atoms with E-state index in [1.54, 1.807) is 7.11 Å². The Labute approximate surface area is 149 Å². The maximum atomic E-state index is 12.8. The summed E-state index contributed by atoms with van der Waals surface area (Å²) in [6.07, 6.45) is 3.77. The van der Waals surface area contributed by atoms with Crippen molar-refractivity contribution < 1.29 is 19.4 Å². The molecule has 1 amide bonds. The van der Waals surface area contributed by atoms with Crippen molar-refractivity contribution in [3.05, 3.63) is 29.3 Å². The lowest BCUT2D eigenvalue weighted by atomic mass is 9.81. The second-order valence-electron chi connectivity index (χ2n) is 7.40. The van der Waals surface area contributed by atoms with Gasteiger partial charge >= 0.3 is 0 Å². The van der Waals surface area contributed by atoms with Crippen LogP contribution in [0, 0.1) is 6.92 Å². The van der Waals surface area contributed by atoms with Crippen LogP contribution in [-0.4, -0.2) is 53.9 Å². The summed E-state index contributed by atoms with van der Waals surface area (Å²) in [7, 11) is 1.63. The topological polar surface area (TPSA) is 59.0 Å². The molecule has 5 heteroatoms. The minimum absolute atomic E-state index is 0.0593. The van der Waals surface area contributed by atoms with E-state index >= 15 is 0 Å². The molecule has 2 fully saturated rings. The van der Waals surface area contributed by atoms with Gasteiger partial charge in [-0.2, -0.15) is 0 Å². The number of aliphatic hydroxyl groups excluding tert-OH is 1. The van der Waals surface area contributed by atoms with Crippen LogP contribution >= 0.6 is 0 Å². The van der Waals surface area contributed by atoms with E-state index in [1.165, 1.54) is 0 Å². The number of piperidine rings is 1. The van der Waals surface area contributed by atoms with E-state index in [0.717, 1.165) is 37.0 Å². The highest BCUT2D eigenvalue weighted by molar-refractivity contribution is 5.94. The van der Waals surface area contributed by atoms with Crippen molar-refractivity contribution in [2.24, 2.45) is 0 Å². The number of hydrogen-bond acceptors (Lipinski definition) is 4. The minimum atomic E-state index is -0.287. The van der Waals surface area contributed by atoms with E-state index in [0.29, 0.717) is 25.1 Å². The van der Waals surface area contributed by atoms with Crippen molar-refractivity contribution in [2.75, 3.05) is 20.2 Å². The van der Waals surface area contributed by atoms with Crippen molar-refractivity contribution in [2.45, 2.75) is 63.8 Å². The molecule has 0 unspecified atom stereocenters. The lowest BCUT2D eigenvalue weighted by molar-refractivity contribution is -0.179. The van der Waals surface area contributed by atoms with Gasteiger partial charge in [-0.05, 0) is 56.4 Å². The van der Waals surface area contributed by atoms with Gasteiger partial charge in [0.2, 0.25) is 0 Å². The number of benzene rings is 1. The van der Waals surface area contributed by atoms with E-state index in [-0.39, 0.29) is 23.7 Å². The number of methoxy groups -OCH3 is 1. The summed E-state index contributed by atoms with van der Waals surface area (Å²) < 4.78 is 11.6.